The molecule has 0 aliphatic carbocycles. The molecule has 0 atom stereocenters. The second kappa shape index (κ2) is 6.34. The van der Waals surface area contributed by atoms with Crippen LogP contribution in [0.5, 0.6) is 0 Å². The molecule has 0 spiro atoms. The molecule has 0 radical (unpaired) electrons. The molecule has 0 aromatic heterocycles. The van der Waals surface area contributed by atoms with Gasteiger partial charge in [-0.3, -0.25) is 0 Å². The molecule has 0 unspecified atom stereocenters. The maximum absolute atomic E-state index is 12.7. The number of carbonyl (C=O) groups is 1. The van der Waals surface area contributed by atoms with Crippen LogP contribution in [0.15, 0.2) is 29.2 Å². The van der Waals surface area contributed by atoms with Crippen LogP contribution in [0.3, 0.4) is 0 Å². The fourth-order valence-corrected chi connectivity index (χ4v) is 3.83. The second-order valence-corrected chi connectivity index (χ2v) is 6.40. The van der Waals surface area contributed by atoms with E-state index < -0.39 is 16.0 Å². The van der Waals surface area contributed by atoms with Crippen LogP contribution in [0.4, 0.5) is 0 Å². The van der Waals surface area contributed by atoms with E-state index in [4.69, 9.17) is 0 Å². The molecule has 1 aliphatic rings. The molecule has 6 nitrogen and oxygen atoms in total. The van der Waals surface area contributed by atoms with Crippen molar-refractivity contribution in [2.24, 2.45) is 0 Å². The SMILES string of the molecule is COC(=O)c1ccccc1S(=O)(=O)N1CCCNCC1. The molecule has 1 aromatic carbocycles. The predicted octanol–water partition coefficient (Wildman–Crippen LogP) is 0.457. The monoisotopic (exact) mass is 298 g/mol. The Morgan fingerprint density at radius 2 is 2.00 bits per heavy atom. The molecule has 1 heterocycles. The Morgan fingerprint density at radius 1 is 1.25 bits per heavy atom. The van der Waals surface area contributed by atoms with Gasteiger partial charge in [0.15, 0.2) is 0 Å². The molecule has 1 fully saturated rings. The molecule has 110 valence electrons. The quantitative estimate of drug-likeness (QED) is 0.820. The van der Waals surface area contributed by atoms with Crippen molar-refractivity contribution >= 4 is 16.0 Å². The summed E-state index contributed by atoms with van der Waals surface area (Å²) in [4.78, 5) is 11.7. The highest BCUT2D eigenvalue weighted by Crippen LogP contribution is 2.21. The summed E-state index contributed by atoms with van der Waals surface area (Å²) in [6.45, 7) is 2.26. The van der Waals surface area contributed by atoms with E-state index in [-0.39, 0.29) is 10.5 Å². The van der Waals surface area contributed by atoms with Gasteiger partial charge in [-0.1, -0.05) is 12.1 Å². The Labute approximate surface area is 118 Å². The fourth-order valence-electron chi connectivity index (χ4n) is 2.17. The first-order valence-electron chi connectivity index (χ1n) is 6.45. The third-order valence-electron chi connectivity index (χ3n) is 3.21. The minimum absolute atomic E-state index is 0.00810. The van der Waals surface area contributed by atoms with E-state index in [9.17, 15) is 13.2 Å². The molecule has 1 aromatic rings. The zero-order chi connectivity index (χ0) is 14.6. The molecule has 2 rings (SSSR count). The number of methoxy groups -OCH3 is 1. The molecule has 7 heteroatoms. The third-order valence-corrected chi connectivity index (χ3v) is 5.17. The normalized spacial score (nSPS) is 17.4. The number of nitrogens with zero attached hydrogens (tertiary/aromatic N) is 1. The van der Waals surface area contributed by atoms with E-state index >= 15 is 0 Å². The summed E-state index contributed by atoms with van der Waals surface area (Å²) in [5.41, 5.74) is 0.0761. The van der Waals surface area contributed by atoms with E-state index in [1.165, 1.54) is 23.5 Å². The molecule has 0 bridgehead atoms. The Hall–Kier alpha value is -1.44. The van der Waals surface area contributed by atoms with E-state index in [1.807, 2.05) is 0 Å². The van der Waals surface area contributed by atoms with Gasteiger partial charge in [0, 0.05) is 19.6 Å². The maximum atomic E-state index is 12.7. The summed E-state index contributed by atoms with van der Waals surface area (Å²) < 4.78 is 31.4. The molecule has 1 N–H and O–H groups in total. The van der Waals surface area contributed by atoms with Crippen molar-refractivity contribution in [3.05, 3.63) is 29.8 Å². The first-order valence-corrected chi connectivity index (χ1v) is 7.89. The number of hydrogen-bond donors (Lipinski definition) is 1. The van der Waals surface area contributed by atoms with E-state index in [0.717, 1.165) is 13.0 Å². The Kier molecular flexibility index (Phi) is 4.74. The van der Waals surface area contributed by atoms with Crippen LogP contribution in [0, 0.1) is 0 Å². The number of rotatable bonds is 3. The van der Waals surface area contributed by atoms with Crippen LogP contribution in [-0.4, -0.2) is 52.0 Å². The zero-order valence-corrected chi connectivity index (χ0v) is 12.1. The van der Waals surface area contributed by atoms with Gasteiger partial charge < -0.3 is 10.1 Å². The van der Waals surface area contributed by atoms with Gasteiger partial charge in [0.05, 0.1) is 17.6 Å². The van der Waals surface area contributed by atoms with Crippen LogP contribution < -0.4 is 5.32 Å². The lowest BCUT2D eigenvalue weighted by atomic mass is 10.2. The van der Waals surface area contributed by atoms with Crippen LogP contribution >= 0.6 is 0 Å². The summed E-state index contributed by atoms with van der Waals surface area (Å²) in [6, 6.07) is 6.14. The smallest absolute Gasteiger partial charge is 0.339 e. The Bertz CT molecular complexity index is 578. The molecule has 1 aliphatic heterocycles. The average Bonchev–Trinajstić information content (AvgIpc) is 2.76. The van der Waals surface area contributed by atoms with Gasteiger partial charge >= 0.3 is 5.97 Å². The topological polar surface area (TPSA) is 75.7 Å². The van der Waals surface area contributed by atoms with E-state index in [1.54, 1.807) is 12.1 Å². The van der Waals surface area contributed by atoms with Gasteiger partial charge in [-0.25, -0.2) is 13.2 Å². The third kappa shape index (κ3) is 3.00. The van der Waals surface area contributed by atoms with Crippen molar-refractivity contribution < 1.29 is 17.9 Å². The van der Waals surface area contributed by atoms with Gasteiger partial charge in [0.1, 0.15) is 0 Å². The van der Waals surface area contributed by atoms with Crippen molar-refractivity contribution in [2.75, 3.05) is 33.3 Å². The lowest BCUT2D eigenvalue weighted by Crippen LogP contribution is -2.35. The predicted molar refractivity (Wildman–Crippen MR) is 74.0 cm³/mol. The van der Waals surface area contributed by atoms with Crippen molar-refractivity contribution in [3.8, 4) is 0 Å². The Balaban J connectivity index is 2.41. The highest BCUT2D eigenvalue weighted by molar-refractivity contribution is 7.89. The number of nitrogens with one attached hydrogen (secondary N) is 1. The van der Waals surface area contributed by atoms with E-state index in [2.05, 4.69) is 10.1 Å². The fraction of sp³-hybridized carbons (Fsp3) is 0.462. The van der Waals surface area contributed by atoms with Crippen molar-refractivity contribution in [1.29, 1.82) is 0 Å². The summed E-state index contributed by atoms with van der Waals surface area (Å²) in [7, 11) is -2.44. The van der Waals surface area contributed by atoms with Crippen molar-refractivity contribution in [3.63, 3.8) is 0 Å². The minimum atomic E-state index is -3.68. The molecule has 1 saturated heterocycles. The molecule has 20 heavy (non-hydrogen) atoms. The lowest BCUT2D eigenvalue weighted by molar-refractivity contribution is 0.0596. The van der Waals surface area contributed by atoms with Crippen LogP contribution in [0.2, 0.25) is 0 Å². The number of esters is 1. The van der Waals surface area contributed by atoms with E-state index in [0.29, 0.717) is 19.6 Å². The number of hydrogen-bond acceptors (Lipinski definition) is 5. The number of carbonyl (C=O) groups excluding carboxylic acids is 1. The standard InChI is InChI=1S/C13H18N2O4S/c1-19-13(16)11-5-2-3-6-12(11)20(17,18)15-9-4-7-14-8-10-15/h2-3,5-6,14H,4,7-10H2,1H3. The summed E-state index contributed by atoms with van der Waals surface area (Å²) in [5, 5.41) is 3.15. The van der Waals surface area contributed by atoms with Gasteiger partial charge in [-0.05, 0) is 25.1 Å². The molecule has 0 saturated carbocycles. The van der Waals surface area contributed by atoms with Gasteiger partial charge in [-0.2, -0.15) is 4.31 Å². The lowest BCUT2D eigenvalue weighted by Gasteiger charge is -2.20. The van der Waals surface area contributed by atoms with Gasteiger partial charge in [-0.15, -0.1) is 0 Å². The molecular formula is C13H18N2O4S. The van der Waals surface area contributed by atoms with Crippen molar-refractivity contribution in [1.82, 2.24) is 9.62 Å². The number of ether oxygens (including phenoxy) is 1. The highest BCUT2D eigenvalue weighted by Gasteiger charge is 2.29. The molecule has 0 amide bonds. The first kappa shape index (κ1) is 15.0. The largest absolute Gasteiger partial charge is 0.465 e. The van der Waals surface area contributed by atoms with Gasteiger partial charge in [0.25, 0.3) is 0 Å². The highest BCUT2D eigenvalue weighted by atomic mass is 32.2. The summed E-state index contributed by atoms with van der Waals surface area (Å²) >= 11 is 0. The summed E-state index contributed by atoms with van der Waals surface area (Å²) in [5.74, 6) is -0.642. The Morgan fingerprint density at radius 3 is 2.75 bits per heavy atom. The average molecular weight is 298 g/mol. The van der Waals surface area contributed by atoms with Crippen LogP contribution in [0.25, 0.3) is 0 Å². The second-order valence-electron chi connectivity index (χ2n) is 4.50. The van der Waals surface area contributed by atoms with Crippen LogP contribution in [-0.2, 0) is 14.8 Å². The van der Waals surface area contributed by atoms with Crippen molar-refractivity contribution in [2.45, 2.75) is 11.3 Å². The van der Waals surface area contributed by atoms with Crippen LogP contribution in [0.1, 0.15) is 16.8 Å². The first-order chi connectivity index (χ1) is 9.57. The number of sulfonamides is 1. The minimum Gasteiger partial charge on any atom is -0.465 e. The molecular weight excluding hydrogens is 280 g/mol. The zero-order valence-electron chi connectivity index (χ0n) is 11.3. The maximum Gasteiger partial charge on any atom is 0.339 e. The summed E-state index contributed by atoms with van der Waals surface area (Å²) in [6.07, 6.45) is 0.750. The number of benzene rings is 1. The van der Waals surface area contributed by atoms with Gasteiger partial charge in [0.2, 0.25) is 10.0 Å².